The molecular formula is C21H20N4O3. The summed E-state index contributed by atoms with van der Waals surface area (Å²) in [4.78, 5) is 32.6. The highest BCUT2D eigenvalue weighted by Gasteiger charge is 2.12. The fourth-order valence-electron chi connectivity index (χ4n) is 2.58. The van der Waals surface area contributed by atoms with Gasteiger partial charge >= 0.3 is 0 Å². The number of Topliss-reactive ketones (excluding diaryl/α,β-unsaturated/α-hetero) is 1. The van der Waals surface area contributed by atoms with E-state index in [1.807, 2.05) is 24.3 Å². The minimum Gasteiger partial charge on any atom is -0.497 e. The molecule has 142 valence electrons. The zero-order valence-corrected chi connectivity index (χ0v) is 15.8. The summed E-state index contributed by atoms with van der Waals surface area (Å²) in [6.45, 7) is 3.19. The van der Waals surface area contributed by atoms with E-state index in [4.69, 9.17) is 4.74 Å². The number of nitrogens with zero attached hydrogens (tertiary/aromatic N) is 2. The monoisotopic (exact) mass is 376 g/mol. The summed E-state index contributed by atoms with van der Waals surface area (Å²) in [5.74, 6) is 1.25. The molecule has 0 spiro atoms. The van der Waals surface area contributed by atoms with Crippen LogP contribution in [0.4, 0.5) is 17.2 Å². The van der Waals surface area contributed by atoms with Crippen LogP contribution in [-0.4, -0.2) is 28.8 Å². The Labute approximate surface area is 162 Å². The van der Waals surface area contributed by atoms with Crippen molar-refractivity contribution >= 4 is 28.9 Å². The molecule has 0 aliphatic heterocycles. The van der Waals surface area contributed by atoms with Crippen LogP contribution in [0.3, 0.4) is 0 Å². The molecule has 0 fully saturated rings. The summed E-state index contributed by atoms with van der Waals surface area (Å²) >= 11 is 0. The number of carbonyl (C=O) groups excluding carboxylic acids is 2. The maximum absolute atomic E-state index is 12.6. The van der Waals surface area contributed by atoms with E-state index in [0.717, 1.165) is 11.4 Å². The van der Waals surface area contributed by atoms with Crippen molar-refractivity contribution < 1.29 is 14.3 Å². The number of ether oxygens (including phenoxy) is 1. The number of anilines is 3. The van der Waals surface area contributed by atoms with Gasteiger partial charge in [-0.15, -0.1) is 0 Å². The number of aromatic nitrogens is 2. The highest BCUT2D eigenvalue weighted by molar-refractivity contribution is 6.04. The van der Waals surface area contributed by atoms with Crippen molar-refractivity contribution in [2.45, 2.75) is 13.8 Å². The Kier molecular flexibility index (Phi) is 5.64. The lowest BCUT2D eigenvalue weighted by molar-refractivity contribution is 0.100. The molecule has 1 aromatic heterocycles. The van der Waals surface area contributed by atoms with Crippen LogP contribution >= 0.6 is 0 Å². The number of nitrogens with one attached hydrogen (secondary N) is 2. The minimum atomic E-state index is -0.385. The number of amides is 1. The zero-order chi connectivity index (χ0) is 20.1. The Hall–Kier alpha value is -3.74. The standard InChI is InChI=1S/C21H20N4O3/c1-13(26)15-5-4-6-17(11-15)25-21(27)19-12-20(23-14(2)22-19)24-16-7-9-18(28-3)10-8-16/h4-12H,1-3H3,(H,25,27)(H,22,23,24). The van der Waals surface area contributed by atoms with Gasteiger partial charge in [0.05, 0.1) is 7.11 Å². The van der Waals surface area contributed by atoms with Gasteiger partial charge in [-0.2, -0.15) is 0 Å². The molecular weight excluding hydrogens is 356 g/mol. The van der Waals surface area contributed by atoms with Gasteiger partial charge in [-0.25, -0.2) is 9.97 Å². The average Bonchev–Trinajstić information content (AvgIpc) is 2.68. The van der Waals surface area contributed by atoms with E-state index >= 15 is 0 Å². The second-order valence-corrected chi connectivity index (χ2v) is 6.13. The molecule has 3 rings (SSSR count). The highest BCUT2D eigenvalue weighted by Crippen LogP contribution is 2.20. The molecule has 7 heteroatoms. The highest BCUT2D eigenvalue weighted by atomic mass is 16.5. The predicted octanol–water partition coefficient (Wildman–Crippen LogP) is 3.99. The van der Waals surface area contributed by atoms with Crippen molar-refractivity contribution in [3.63, 3.8) is 0 Å². The van der Waals surface area contributed by atoms with E-state index in [1.54, 1.807) is 44.4 Å². The summed E-state index contributed by atoms with van der Waals surface area (Å²) < 4.78 is 5.14. The Morgan fingerprint density at radius 3 is 2.39 bits per heavy atom. The molecule has 7 nitrogen and oxygen atoms in total. The zero-order valence-electron chi connectivity index (χ0n) is 15.8. The van der Waals surface area contributed by atoms with Crippen LogP contribution in [0.15, 0.2) is 54.6 Å². The largest absolute Gasteiger partial charge is 0.497 e. The lowest BCUT2D eigenvalue weighted by Gasteiger charge is -2.10. The summed E-state index contributed by atoms with van der Waals surface area (Å²) in [5.41, 5.74) is 2.08. The number of benzene rings is 2. The van der Waals surface area contributed by atoms with Crippen LogP contribution in [0, 0.1) is 6.92 Å². The van der Waals surface area contributed by atoms with E-state index < -0.39 is 0 Å². The molecule has 1 amide bonds. The molecule has 1 heterocycles. The van der Waals surface area contributed by atoms with Crippen molar-refractivity contribution in [1.29, 1.82) is 0 Å². The third-order valence-electron chi connectivity index (χ3n) is 3.96. The first kappa shape index (κ1) is 19.0. The fraction of sp³-hybridized carbons (Fsp3) is 0.143. The van der Waals surface area contributed by atoms with Crippen molar-refractivity contribution in [2.24, 2.45) is 0 Å². The lowest BCUT2D eigenvalue weighted by Crippen LogP contribution is -2.15. The van der Waals surface area contributed by atoms with Gasteiger partial charge in [0, 0.05) is 23.0 Å². The smallest absolute Gasteiger partial charge is 0.274 e. The maximum Gasteiger partial charge on any atom is 0.274 e. The number of methoxy groups -OCH3 is 1. The van der Waals surface area contributed by atoms with Crippen molar-refractivity contribution in [3.8, 4) is 5.75 Å². The SMILES string of the molecule is COc1ccc(Nc2cc(C(=O)Nc3cccc(C(C)=O)c3)nc(C)n2)cc1. The van der Waals surface area contributed by atoms with E-state index in [-0.39, 0.29) is 17.4 Å². The Bertz CT molecular complexity index is 1020. The van der Waals surface area contributed by atoms with Crippen LogP contribution in [-0.2, 0) is 0 Å². The maximum atomic E-state index is 12.6. The third kappa shape index (κ3) is 4.70. The van der Waals surface area contributed by atoms with E-state index in [0.29, 0.717) is 22.9 Å². The van der Waals surface area contributed by atoms with Gasteiger partial charge in [0.25, 0.3) is 5.91 Å². The minimum absolute atomic E-state index is 0.0695. The third-order valence-corrected chi connectivity index (χ3v) is 3.96. The molecule has 3 aromatic rings. The first-order chi connectivity index (χ1) is 13.4. The first-order valence-electron chi connectivity index (χ1n) is 8.64. The number of ketones is 1. The molecule has 0 saturated heterocycles. The van der Waals surface area contributed by atoms with E-state index in [9.17, 15) is 9.59 Å². The van der Waals surface area contributed by atoms with Crippen molar-refractivity contribution in [3.05, 3.63) is 71.7 Å². The van der Waals surface area contributed by atoms with Gasteiger partial charge in [-0.1, -0.05) is 12.1 Å². The van der Waals surface area contributed by atoms with Crippen LogP contribution < -0.4 is 15.4 Å². The van der Waals surface area contributed by atoms with Gasteiger partial charge in [-0.3, -0.25) is 9.59 Å². The van der Waals surface area contributed by atoms with E-state index in [1.165, 1.54) is 6.92 Å². The molecule has 0 aliphatic carbocycles. The van der Waals surface area contributed by atoms with Crippen molar-refractivity contribution in [1.82, 2.24) is 9.97 Å². The molecule has 28 heavy (non-hydrogen) atoms. The Balaban J connectivity index is 1.79. The summed E-state index contributed by atoms with van der Waals surface area (Å²) in [6, 6.07) is 15.7. The molecule has 2 N–H and O–H groups in total. The molecule has 2 aromatic carbocycles. The first-order valence-corrected chi connectivity index (χ1v) is 8.64. The second-order valence-electron chi connectivity index (χ2n) is 6.13. The van der Waals surface area contributed by atoms with Gasteiger partial charge in [-0.05, 0) is 50.2 Å². The molecule has 0 saturated carbocycles. The lowest BCUT2D eigenvalue weighted by atomic mass is 10.1. The normalized spacial score (nSPS) is 10.2. The van der Waals surface area contributed by atoms with Gasteiger partial charge in [0.1, 0.15) is 23.1 Å². The summed E-state index contributed by atoms with van der Waals surface area (Å²) in [7, 11) is 1.60. The van der Waals surface area contributed by atoms with Crippen LogP contribution in [0.25, 0.3) is 0 Å². The quantitative estimate of drug-likeness (QED) is 0.632. The molecule has 0 bridgehead atoms. The van der Waals surface area contributed by atoms with Crippen LogP contribution in [0.5, 0.6) is 5.75 Å². The number of hydrogen-bond donors (Lipinski definition) is 2. The number of aryl methyl sites for hydroxylation is 1. The Morgan fingerprint density at radius 1 is 0.964 bits per heavy atom. The topological polar surface area (TPSA) is 93.2 Å². The summed E-state index contributed by atoms with van der Waals surface area (Å²) in [6.07, 6.45) is 0. The molecule has 0 atom stereocenters. The molecule has 0 unspecified atom stereocenters. The van der Waals surface area contributed by atoms with Crippen LogP contribution in [0.2, 0.25) is 0 Å². The number of hydrogen-bond acceptors (Lipinski definition) is 6. The van der Waals surface area contributed by atoms with Gasteiger partial charge in [0.2, 0.25) is 0 Å². The number of rotatable bonds is 6. The fourth-order valence-corrected chi connectivity index (χ4v) is 2.58. The summed E-state index contributed by atoms with van der Waals surface area (Å²) in [5, 5.41) is 5.91. The Morgan fingerprint density at radius 2 is 1.71 bits per heavy atom. The van der Waals surface area contributed by atoms with E-state index in [2.05, 4.69) is 20.6 Å². The van der Waals surface area contributed by atoms with Gasteiger partial charge < -0.3 is 15.4 Å². The number of carbonyl (C=O) groups is 2. The van der Waals surface area contributed by atoms with Crippen LogP contribution in [0.1, 0.15) is 33.6 Å². The van der Waals surface area contributed by atoms with Gasteiger partial charge in [0.15, 0.2) is 5.78 Å². The second kappa shape index (κ2) is 8.30. The molecule has 0 aliphatic rings. The molecule has 0 radical (unpaired) electrons. The average molecular weight is 376 g/mol. The van der Waals surface area contributed by atoms with Crippen molar-refractivity contribution in [2.75, 3.05) is 17.7 Å². The predicted molar refractivity (Wildman–Crippen MR) is 107 cm³/mol.